The lowest BCUT2D eigenvalue weighted by Gasteiger charge is -2.34. The van der Waals surface area contributed by atoms with Gasteiger partial charge in [0.05, 0.1) is 16.0 Å². The summed E-state index contributed by atoms with van der Waals surface area (Å²) in [6.07, 6.45) is 3.39. The molecule has 26 heavy (non-hydrogen) atoms. The van der Waals surface area contributed by atoms with Gasteiger partial charge < -0.3 is 15.0 Å². The molecule has 1 fully saturated rings. The molecule has 1 aliphatic heterocycles. The molecule has 3 rings (SSSR count). The number of H-pyrrole nitrogens is 1. The van der Waals surface area contributed by atoms with Crippen LogP contribution in [0.15, 0.2) is 41.6 Å². The summed E-state index contributed by atoms with van der Waals surface area (Å²) in [5, 5.41) is 8.91. The number of nitrogens with zero attached hydrogens (tertiary/aromatic N) is 2. The fourth-order valence-corrected chi connectivity index (χ4v) is 4.31. The summed E-state index contributed by atoms with van der Waals surface area (Å²) in [5.74, 6) is -1.23. The van der Waals surface area contributed by atoms with Crippen LogP contribution >= 0.6 is 0 Å². The number of carboxylic acid groups (broad SMARTS) is 1. The minimum Gasteiger partial charge on any atom is -0.478 e. The Balaban J connectivity index is 1.69. The van der Waals surface area contributed by atoms with Crippen molar-refractivity contribution in [1.82, 2.24) is 14.2 Å². The summed E-state index contributed by atoms with van der Waals surface area (Å²) in [6, 6.07) is 5.12. The summed E-state index contributed by atoms with van der Waals surface area (Å²) in [5.41, 5.74) is 1.47. The zero-order valence-corrected chi connectivity index (χ0v) is 15.0. The number of aromatic carboxylic acids is 1. The van der Waals surface area contributed by atoms with E-state index >= 15 is 0 Å². The molecule has 8 nitrogen and oxygen atoms in total. The number of aromatic amines is 1. The molecule has 0 bridgehead atoms. The van der Waals surface area contributed by atoms with Crippen molar-refractivity contribution in [2.45, 2.75) is 11.8 Å². The van der Waals surface area contributed by atoms with Crippen LogP contribution in [0.1, 0.15) is 26.3 Å². The van der Waals surface area contributed by atoms with Crippen molar-refractivity contribution >= 4 is 21.9 Å². The van der Waals surface area contributed by atoms with Crippen LogP contribution in [0.4, 0.5) is 0 Å². The summed E-state index contributed by atoms with van der Waals surface area (Å²) in [6.45, 7) is 2.83. The van der Waals surface area contributed by atoms with E-state index in [0.29, 0.717) is 18.7 Å². The second-order valence-corrected chi connectivity index (χ2v) is 8.02. The van der Waals surface area contributed by atoms with Crippen LogP contribution in [0.3, 0.4) is 0 Å². The van der Waals surface area contributed by atoms with Gasteiger partial charge in [-0.25, -0.2) is 13.2 Å². The Morgan fingerprint density at radius 2 is 1.65 bits per heavy atom. The number of aryl methyl sites for hydroxylation is 1. The monoisotopic (exact) mass is 377 g/mol. The molecule has 2 aromatic rings. The molecule has 2 heterocycles. The van der Waals surface area contributed by atoms with E-state index in [1.165, 1.54) is 28.6 Å². The van der Waals surface area contributed by atoms with E-state index in [0.717, 1.165) is 5.56 Å². The van der Waals surface area contributed by atoms with Gasteiger partial charge in [-0.1, -0.05) is 0 Å². The highest BCUT2D eigenvalue weighted by atomic mass is 32.2. The van der Waals surface area contributed by atoms with Gasteiger partial charge >= 0.3 is 5.97 Å². The maximum absolute atomic E-state index is 12.7. The second kappa shape index (κ2) is 6.93. The van der Waals surface area contributed by atoms with Gasteiger partial charge in [0.2, 0.25) is 10.0 Å². The highest BCUT2D eigenvalue weighted by Crippen LogP contribution is 2.19. The Labute approximate surface area is 151 Å². The fraction of sp³-hybridized carbons (Fsp3) is 0.294. The van der Waals surface area contributed by atoms with Crippen molar-refractivity contribution in [2.75, 3.05) is 26.2 Å². The molecule has 0 saturated carbocycles. The third-order valence-corrected chi connectivity index (χ3v) is 6.36. The van der Waals surface area contributed by atoms with E-state index in [1.54, 1.807) is 17.3 Å². The number of nitrogens with one attached hydrogen (secondary N) is 1. The van der Waals surface area contributed by atoms with Crippen LogP contribution in [-0.2, 0) is 10.0 Å². The SMILES string of the molecule is Cc1c[nH]cc1C(=O)N1CCN(S(=O)(=O)c2ccc(C(=O)O)cc2)CC1. The van der Waals surface area contributed by atoms with E-state index in [9.17, 15) is 18.0 Å². The second-order valence-electron chi connectivity index (χ2n) is 6.08. The molecule has 9 heteroatoms. The molecule has 0 spiro atoms. The van der Waals surface area contributed by atoms with Gasteiger partial charge in [0.15, 0.2) is 0 Å². The van der Waals surface area contributed by atoms with Gasteiger partial charge in [0.1, 0.15) is 0 Å². The zero-order chi connectivity index (χ0) is 18.9. The number of carbonyl (C=O) groups excluding carboxylic acids is 1. The van der Waals surface area contributed by atoms with Crippen LogP contribution in [0.25, 0.3) is 0 Å². The number of aromatic nitrogens is 1. The van der Waals surface area contributed by atoms with E-state index in [1.807, 2.05) is 6.92 Å². The predicted octanol–water partition coefficient (Wildman–Crippen LogP) is 1.17. The average molecular weight is 377 g/mol. The number of hydrogen-bond donors (Lipinski definition) is 2. The molecular weight excluding hydrogens is 358 g/mol. The van der Waals surface area contributed by atoms with E-state index < -0.39 is 16.0 Å². The topological polar surface area (TPSA) is 111 Å². The quantitative estimate of drug-likeness (QED) is 0.831. The van der Waals surface area contributed by atoms with Gasteiger partial charge in [-0.05, 0) is 36.8 Å². The summed E-state index contributed by atoms with van der Waals surface area (Å²) >= 11 is 0. The van der Waals surface area contributed by atoms with Crippen LogP contribution in [0.2, 0.25) is 0 Å². The number of sulfonamides is 1. The lowest BCUT2D eigenvalue weighted by molar-refractivity contribution is 0.0689. The fourth-order valence-electron chi connectivity index (χ4n) is 2.89. The largest absolute Gasteiger partial charge is 0.478 e. The molecule has 0 unspecified atom stereocenters. The predicted molar refractivity (Wildman–Crippen MR) is 93.6 cm³/mol. The summed E-state index contributed by atoms with van der Waals surface area (Å²) in [4.78, 5) is 27.9. The number of piperazine rings is 1. The molecule has 1 aliphatic rings. The first kappa shape index (κ1) is 18.2. The van der Waals surface area contributed by atoms with Crippen molar-refractivity contribution in [3.05, 3.63) is 53.3 Å². The smallest absolute Gasteiger partial charge is 0.335 e. The van der Waals surface area contributed by atoms with Gasteiger partial charge in [0.25, 0.3) is 5.91 Å². The number of carbonyl (C=O) groups is 2. The van der Waals surface area contributed by atoms with Crippen LogP contribution in [0, 0.1) is 6.92 Å². The molecular formula is C17H19N3O5S. The standard InChI is InChI=1S/C17H19N3O5S/c1-12-10-18-11-15(12)16(21)19-6-8-20(9-7-19)26(24,25)14-4-2-13(3-5-14)17(22)23/h2-5,10-11,18H,6-9H2,1H3,(H,22,23). The maximum atomic E-state index is 12.7. The van der Waals surface area contributed by atoms with Crippen LogP contribution < -0.4 is 0 Å². The third kappa shape index (κ3) is 3.35. The molecule has 1 aromatic carbocycles. The first-order valence-corrected chi connectivity index (χ1v) is 9.51. The first-order chi connectivity index (χ1) is 12.3. The number of amides is 1. The summed E-state index contributed by atoms with van der Waals surface area (Å²) in [7, 11) is -3.72. The van der Waals surface area contributed by atoms with Crippen molar-refractivity contribution < 1.29 is 23.1 Å². The Bertz CT molecular complexity index is 926. The van der Waals surface area contributed by atoms with E-state index in [-0.39, 0.29) is 29.5 Å². The van der Waals surface area contributed by atoms with Gasteiger partial charge in [0, 0.05) is 38.6 Å². The summed E-state index contributed by atoms with van der Waals surface area (Å²) < 4.78 is 26.7. The minimum atomic E-state index is -3.72. The average Bonchev–Trinajstić information content (AvgIpc) is 3.07. The molecule has 1 aromatic heterocycles. The van der Waals surface area contributed by atoms with Crippen molar-refractivity contribution in [1.29, 1.82) is 0 Å². The number of carboxylic acids is 1. The highest BCUT2D eigenvalue weighted by Gasteiger charge is 2.31. The molecule has 0 aliphatic carbocycles. The van der Waals surface area contributed by atoms with Crippen LogP contribution in [0.5, 0.6) is 0 Å². The van der Waals surface area contributed by atoms with E-state index in [2.05, 4.69) is 4.98 Å². The molecule has 138 valence electrons. The van der Waals surface area contributed by atoms with Crippen molar-refractivity contribution in [2.24, 2.45) is 0 Å². The normalized spacial score (nSPS) is 15.8. The highest BCUT2D eigenvalue weighted by molar-refractivity contribution is 7.89. The minimum absolute atomic E-state index is 0.0289. The van der Waals surface area contributed by atoms with E-state index in [4.69, 9.17) is 5.11 Å². The Morgan fingerprint density at radius 3 is 2.15 bits per heavy atom. The van der Waals surface area contributed by atoms with Gasteiger partial charge in [-0.2, -0.15) is 4.31 Å². The lowest BCUT2D eigenvalue weighted by Crippen LogP contribution is -2.50. The molecule has 0 atom stereocenters. The molecule has 2 N–H and O–H groups in total. The van der Waals surface area contributed by atoms with Gasteiger partial charge in [-0.3, -0.25) is 4.79 Å². The van der Waals surface area contributed by atoms with Crippen molar-refractivity contribution in [3.8, 4) is 0 Å². The number of rotatable bonds is 4. The maximum Gasteiger partial charge on any atom is 0.335 e. The Hall–Kier alpha value is -2.65. The van der Waals surface area contributed by atoms with Crippen LogP contribution in [-0.4, -0.2) is 65.8 Å². The Morgan fingerprint density at radius 1 is 1.04 bits per heavy atom. The molecule has 0 radical (unpaired) electrons. The zero-order valence-electron chi connectivity index (χ0n) is 14.2. The number of hydrogen-bond acceptors (Lipinski definition) is 4. The van der Waals surface area contributed by atoms with Gasteiger partial charge in [-0.15, -0.1) is 0 Å². The van der Waals surface area contributed by atoms with Crippen molar-refractivity contribution in [3.63, 3.8) is 0 Å². The Kier molecular flexibility index (Phi) is 4.84. The lowest BCUT2D eigenvalue weighted by atomic mass is 10.2. The third-order valence-electron chi connectivity index (χ3n) is 4.45. The number of benzene rings is 1. The molecule has 1 amide bonds. The molecule has 1 saturated heterocycles. The first-order valence-electron chi connectivity index (χ1n) is 8.07.